The van der Waals surface area contributed by atoms with E-state index < -0.39 is 5.91 Å². The van der Waals surface area contributed by atoms with Gasteiger partial charge in [0.05, 0.1) is 29.6 Å². The van der Waals surface area contributed by atoms with Crippen LogP contribution in [0.4, 0.5) is 17.3 Å². The maximum atomic E-state index is 12.1. The summed E-state index contributed by atoms with van der Waals surface area (Å²) < 4.78 is 5.64. The maximum Gasteiger partial charge on any atom is 0.248 e. The molecule has 1 fully saturated rings. The van der Waals surface area contributed by atoms with Crippen LogP contribution in [0.25, 0.3) is 16.8 Å². The summed E-state index contributed by atoms with van der Waals surface area (Å²) in [5.74, 6) is -0.00115. The van der Waals surface area contributed by atoms with Gasteiger partial charge < -0.3 is 25.6 Å². The standard InChI is InChI=1S/C27H30N8O2/c1-4-34-11-13-35(14-12-34)20-8-9-23(22(15-20)18(3)25(29)36)32-27-31-17-19(16-28)24(33-27)21-7-6-10-30-26(21)37-5-2/h6-10,15,17H,3-5,11-14H2,1-2H3,(H2,29,36)(H,31,32,33). The van der Waals surface area contributed by atoms with Gasteiger partial charge >= 0.3 is 0 Å². The number of carbonyl (C=O) groups is 1. The molecule has 0 radical (unpaired) electrons. The number of aromatic nitrogens is 3. The number of ether oxygens (including phenoxy) is 1. The summed E-state index contributed by atoms with van der Waals surface area (Å²) in [4.78, 5) is 29.9. The quantitative estimate of drug-likeness (QED) is 0.427. The Labute approximate surface area is 216 Å². The summed E-state index contributed by atoms with van der Waals surface area (Å²) >= 11 is 0. The highest BCUT2D eigenvalue weighted by atomic mass is 16.5. The Hall–Kier alpha value is -4.49. The second-order valence-electron chi connectivity index (χ2n) is 8.48. The number of nitrogens with zero attached hydrogens (tertiary/aromatic N) is 6. The van der Waals surface area contributed by atoms with Crippen LogP contribution in [-0.4, -0.2) is 65.1 Å². The van der Waals surface area contributed by atoms with Crippen molar-refractivity contribution in [3.8, 4) is 23.2 Å². The molecule has 190 valence electrons. The first kappa shape index (κ1) is 25.6. The molecule has 2 aromatic heterocycles. The number of nitriles is 1. The predicted octanol–water partition coefficient (Wildman–Crippen LogP) is 3.19. The number of piperazine rings is 1. The maximum absolute atomic E-state index is 12.1. The molecule has 0 atom stereocenters. The van der Waals surface area contributed by atoms with E-state index in [0.717, 1.165) is 38.4 Å². The highest BCUT2D eigenvalue weighted by Gasteiger charge is 2.20. The number of pyridine rings is 1. The smallest absolute Gasteiger partial charge is 0.248 e. The summed E-state index contributed by atoms with van der Waals surface area (Å²) in [6, 6.07) is 11.4. The van der Waals surface area contributed by atoms with Crippen LogP contribution in [0.1, 0.15) is 25.0 Å². The number of nitrogens with two attached hydrogens (primary N) is 1. The SMILES string of the molecule is C=C(C(N)=O)c1cc(N2CCN(CC)CC2)ccc1Nc1ncc(C#N)c(-c2cccnc2OCC)n1. The number of primary amides is 1. The van der Waals surface area contributed by atoms with E-state index in [9.17, 15) is 10.1 Å². The van der Waals surface area contributed by atoms with Crippen LogP contribution in [0.3, 0.4) is 0 Å². The molecule has 0 unspecified atom stereocenters. The van der Waals surface area contributed by atoms with Gasteiger partial charge in [0, 0.05) is 54.9 Å². The molecule has 1 amide bonds. The van der Waals surface area contributed by atoms with E-state index in [1.54, 1.807) is 18.3 Å². The topological polar surface area (TPSA) is 133 Å². The van der Waals surface area contributed by atoms with E-state index in [-0.39, 0.29) is 17.1 Å². The fraction of sp³-hybridized carbons (Fsp3) is 0.296. The molecule has 10 heteroatoms. The number of hydrogen-bond donors (Lipinski definition) is 2. The summed E-state index contributed by atoms with van der Waals surface area (Å²) in [6.45, 7) is 13.1. The summed E-state index contributed by atoms with van der Waals surface area (Å²) in [5.41, 5.74) is 9.15. The number of benzene rings is 1. The average Bonchev–Trinajstić information content (AvgIpc) is 2.93. The first-order valence-electron chi connectivity index (χ1n) is 12.2. The van der Waals surface area contributed by atoms with E-state index >= 15 is 0 Å². The van der Waals surface area contributed by atoms with Gasteiger partial charge in [0.25, 0.3) is 0 Å². The second-order valence-corrected chi connectivity index (χ2v) is 8.48. The lowest BCUT2D eigenvalue weighted by Gasteiger charge is -2.35. The van der Waals surface area contributed by atoms with Gasteiger partial charge in [-0.3, -0.25) is 4.79 Å². The molecule has 3 N–H and O–H groups in total. The van der Waals surface area contributed by atoms with Gasteiger partial charge in [-0.05, 0) is 43.8 Å². The van der Waals surface area contributed by atoms with Gasteiger partial charge in [-0.15, -0.1) is 0 Å². The van der Waals surface area contributed by atoms with Crippen LogP contribution >= 0.6 is 0 Å². The molecule has 0 aliphatic carbocycles. The Morgan fingerprint density at radius 1 is 1.22 bits per heavy atom. The summed E-state index contributed by atoms with van der Waals surface area (Å²) in [7, 11) is 0. The van der Waals surface area contributed by atoms with Crippen molar-refractivity contribution in [2.45, 2.75) is 13.8 Å². The number of rotatable bonds is 9. The molecule has 3 heterocycles. The van der Waals surface area contributed by atoms with E-state index in [4.69, 9.17) is 10.5 Å². The van der Waals surface area contributed by atoms with Gasteiger partial charge in [0.15, 0.2) is 0 Å². The third-order valence-corrected chi connectivity index (χ3v) is 6.27. The van der Waals surface area contributed by atoms with E-state index in [2.05, 4.69) is 49.6 Å². The highest BCUT2D eigenvalue weighted by Crippen LogP contribution is 2.33. The Morgan fingerprint density at radius 3 is 2.68 bits per heavy atom. The minimum Gasteiger partial charge on any atom is -0.477 e. The third kappa shape index (κ3) is 5.68. The molecule has 1 aliphatic rings. The largest absolute Gasteiger partial charge is 0.477 e. The van der Waals surface area contributed by atoms with E-state index in [1.165, 1.54) is 6.20 Å². The van der Waals surface area contributed by atoms with Crippen LogP contribution in [0.15, 0.2) is 49.3 Å². The minimum absolute atomic E-state index is 0.177. The molecule has 4 rings (SSSR count). The summed E-state index contributed by atoms with van der Waals surface area (Å²) in [6.07, 6.45) is 3.06. The number of amides is 1. The predicted molar refractivity (Wildman–Crippen MR) is 143 cm³/mol. The Balaban J connectivity index is 1.70. The highest BCUT2D eigenvalue weighted by molar-refractivity contribution is 6.19. The molecule has 10 nitrogen and oxygen atoms in total. The number of nitrogens with one attached hydrogen (secondary N) is 1. The fourth-order valence-electron chi connectivity index (χ4n) is 4.22. The van der Waals surface area contributed by atoms with Gasteiger partial charge in [-0.25, -0.2) is 15.0 Å². The lowest BCUT2D eigenvalue weighted by molar-refractivity contribution is -0.112. The first-order valence-corrected chi connectivity index (χ1v) is 12.2. The van der Waals surface area contributed by atoms with E-state index in [0.29, 0.717) is 35.0 Å². The van der Waals surface area contributed by atoms with Crippen LogP contribution < -0.4 is 20.7 Å². The Bertz CT molecular complexity index is 1340. The molecule has 0 saturated carbocycles. The van der Waals surface area contributed by atoms with Crippen molar-refractivity contribution in [3.63, 3.8) is 0 Å². The van der Waals surface area contributed by atoms with Crippen molar-refractivity contribution in [1.82, 2.24) is 19.9 Å². The van der Waals surface area contributed by atoms with Gasteiger partial charge in [0.2, 0.25) is 17.7 Å². The molecule has 1 saturated heterocycles. The van der Waals surface area contributed by atoms with Crippen LogP contribution in [0.2, 0.25) is 0 Å². The summed E-state index contributed by atoms with van der Waals surface area (Å²) in [5, 5.41) is 12.8. The number of anilines is 3. The van der Waals surface area contributed by atoms with Gasteiger partial charge in [-0.1, -0.05) is 13.5 Å². The fourth-order valence-corrected chi connectivity index (χ4v) is 4.22. The van der Waals surface area contributed by atoms with Crippen LogP contribution in [0.5, 0.6) is 5.88 Å². The number of likely N-dealkylation sites (N-methyl/N-ethyl adjacent to an activating group) is 1. The molecule has 0 spiro atoms. The van der Waals surface area contributed by atoms with Crippen molar-refractivity contribution in [3.05, 3.63) is 60.4 Å². The molecule has 3 aromatic rings. The number of hydrogen-bond acceptors (Lipinski definition) is 9. The van der Waals surface area contributed by atoms with Gasteiger partial charge in [0.1, 0.15) is 6.07 Å². The van der Waals surface area contributed by atoms with Crippen LogP contribution in [-0.2, 0) is 4.79 Å². The third-order valence-electron chi connectivity index (χ3n) is 6.27. The minimum atomic E-state index is -0.617. The van der Waals surface area contributed by atoms with Gasteiger partial charge in [-0.2, -0.15) is 5.26 Å². The van der Waals surface area contributed by atoms with Crippen molar-refractivity contribution >= 4 is 28.8 Å². The molecule has 1 aromatic carbocycles. The monoisotopic (exact) mass is 498 g/mol. The molecular weight excluding hydrogens is 468 g/mol. The van der Waals surface area contributed by atoms with Crippen molar-refractivity contribution < 1.29 is 9.53 Å². The molecular formula is C27H30N8O2. The van der Waals surface area contributed by atoms with Crippen molar-refractivity contribution in [1.29, 1.82) is 5.26 Å². The zero-order chi connectivity index (χ0) is 26.4. The molecule has 37 heavy (non-hydrogen) atoms. The lowest BCUT2D eigenvalue weighted by atomic mass is 10.0. The van der Waals surface area contributed by atoms with Crippen molar-refractivity contribution in [2.24, 2.45) is 5.73 Å². The zero-order valence-electron chi connectivity index (χ0n) is 21.1. The van der Waals surface area contributed by atoms with Crippen molar-refractivity contribution in [2.75, 3.05) is 49.5 Å². The number of carbonyl (C=O) groups excluding carboxylic acids is 1. The first-order chi connectivity index (χ1) is 17.9. The molecule has 1 aliphatic heterocycles. The van der Waals surface area contributed by atoms with Crippen LogP contribution in [0, 0.1) is 11.3 Å². The zero-order valence-corrected chi connectivity index (χ0v) is 21.1. The Morgan fingerprint density at radius 2 is 2.00 bits per heavy atom. The lowest BCUT2D eigenvalue weighted by Crippen LogP contribution is -2.46. The second kappa shape index (κ2) is 11.5. The normalized spacial score (nSPS) is 13.6. The average molecular weight is 499 g/mol. The van der Waals surface area contributed by atoms with E-state index in [1.807, 2.05) is 25.1 Å². The Kier molecular flexibility index (Phi) is 7.95. The molecule has 0 bridgehead atoms.